The van der Waals surface area contributed by atoms with Crippen LogP contribution >= 0.6 is 15.9 Å². The predicted molar refractivity (Wildman–Crippen MR) is 76.2 cm³/mol. The number of nitrogens with zero attached hydrogens (tertiary/aromatic N) is 1. The minimum absolute atomic E-state index is 0.0474. The smallest absolute Gasteiger partial charge is 0.246 e. The summed E-state index contributed by atoms with van der Waals surface area (Å²) in [6.45, 7) is 0.218. The third kappa shape index (κ3) is 2.80. The van der Waals surface area contributed by atoms with Crippen molar-refractivity contribution in [3.05, 3.63) is 22.7 Å². The number of carbonyl (C=O) groups excluding carboxylic acids is 1. The molecule has 0 aromatic heterocycles. The molecule has 9 heteroatoms. The first kappa shape index (κ1) is 15.2. The van der Waals surface area contributed by atoms with E-state index >= 15 is 0 Å². The van der Waals surface area contributed by atoms with Crippen LogP contribution in [0.4, 0.5) is 5.69 Å². The fourth-order valence-corrected chi connectivity index (χ4v) is 4.02. The topological polar surface area (TPSA) is 116 Å². The molecule has 0 spiro atoms. The Bertz CT molecular complexity index is 635. The highest BCUT2D eigenvalue weighted by Gasteiger charge is 2.38. The van der Waals surface area contributed by atoms with Gasteiger partial charge in [0.1, 0.15) is 10.9 Å². The molecule has 0 bridgehead atoms. The van der Waals surface area contributed by atoms with E-state index < -0.39 is 22.0 Å². The molecule has 1 amide bonds. The molecule has 0 saturated carbocycles. The van der Waals surface area contributed by atoms with Crippen molar-refractivity contribution >= 4 is 37.5 Å². The third-order valence-electron chi connectivity index (χ3n) is 2.97. The first-order valence-corrected chi connectivity index (χ1v) is 8.01. The molecule has 1 aromatic carbocycles. The number of sulfonamides is 1. The number of anilines is 1. The van der Waals surface area contributed by atoms with Gasteiger partial charge in [-0.3, -0.25) is 4.79 Å². The normalized spacial score (nSPS) is 20.8. The van der Waals surface area contributed by atoms with Gasteiger partial charge in [-0.2, -0.15) is 4.31 Å². The van der Waals surface area contributed by atoms with Crippen molar-refractivity contribution in [2.24, 2.45) is 5.73 Å². The maximum atomic E-state index is 12.6. The number of hydrogen-bond donors (Lipinski definition) is 2. The van der Waals surface area contributed by atoms with Gasteiger partial charge in [-0.25, -0.2) is 8.42 Å². The monoisotopic (exact) mass is 363 g/mol. The molecule has 7 nitrogen and oxygen atoms in total. The average molecular weight is 364 g/mol. The Morgan fingerprint density at radius 2 is 2.15 bits per heavy atom. The molecule has 1 aliphatic rings. The zero-order chi connectivity index (χ0) is 14.9. The van der Waals surface area contributed by atoms with Crippen LogP contribution in [0, 0.1) is 0 Å². The lowest BCUT2D eigenvalue weighted by molar-refractivity contribution is -0.125. The van der Waals surface area contributed by atoms with Crippen molar-refractivity contribution in [3.63, 3.8) is 0 Å². The lowest BCUT2D eigenvalue weighted by Gasteiger charge is -2.32. The van der Waals surface area contributed by atoms with Gasteiger partial charge in [0.15, 0.2) is 0 Å². The molecule has 1 heterocycles. The van der Waals surface area contributed by atoms with E-state index in [2.05, 4.69) is 15.9 Å². The van der Waals surface area contributed by atoms with Crippen LogP contribution in [0.25, 0.3) is 0 Å². The van der Waals surface area contributed by atoms with E-state index in [1.165, 1.54) is 12.1 Å². The molecule has 0 radical (unpaired) electrons. The lowest BCUT2D eigenvalue weighted by Crippen LogP contribution is -2.54. The number of rotatable bonds is 3. The van der Waals surface area contributed by atoms with E-state index in [4.69, 9.17) is 16.2 Å². The highest BCUT2D eigenvalue weighted by molar-refractivity contribution is 9.10. The van der Waals surface area contributed by atoms with E-state index in [9.17, 15) is 13.2 Å². The van der Waals surface area contributed by atoms with Gasteiger partial charge in [0.05, 0.1) is 18.9 Å². The fourth-order valence-electron chi connectivity index (χ4n) is 1.98. The number of halogens is 1. The Balaban J connectivity index is 2.45. The number of ether oxygens (including phenoxy) is 1. The maximum absolute atomic E-state index is 12.6. The van der Waals surface area contributed by atoms with Crippen LogP contribution in [0.2, 0.25) is 0 Å². The van der Waals surface area contributed by atoms with E-state index in [1.807, 2.05) is 0 Å². The van der Waals surface area contributed by atoms with Crippen molar-refractivity contribution in [3.8, 4) is 0 Å². The van der Waals surface area contributed by atoms with Crippen LogP contribution in [0.1, 0.15) is 0 Å². The second-order valence-corrected chi connectivity index (χ2v) is 7.07. The maximum Gasteiger partial charge on any atom is 0.246 e. The molecule has 1 unspecified atom stereocenters. The van der Waals surface area contributed by atoms with Gasteiger partial charge in [-0.15, -0.1) is 0 Å². The van der Waals surface area contributed by atoms with Crippen LogP contribution in [0.5, 0.6) is 0 Å². The number of carbonyl (C=O) groups is 1. The minimum Gasteiger partial charge on any atom is -0.398 e. The third-order valence-corrected chi connectivity index (χ3v) is 5.44. The summed E-state index contributed by atoms with van der Waals surface area (Å²) in [5.41, 5.74) is 11.1. The standard InChI is InChI=1S/C11H14BrN3O4S/c12-7-1-2-10(8(13)5-7)20(17,18)15-3-4-19-6-9(15)11(14)16/h1-2,5,9H,3-4,6,13H2,(H2,14,16). The van der Waals surface area contributed by atoms with Crippen molar-refractivity contribution in [2.45, 2.75) is 10.9 Å². The minimum atomic E-state index is -3.90. The summed E-state index contributed by atoms with van der Waals surface area (Å²) in [6, 6.07) is 3.44. The largest absolute Gasteiger partial charge is 0.398 e. The molecule has 2 rings (SSSR count). The molecule has 110 valence electrons. The van der Waals surface area contributed by atoms with Gasteiger partial charge in [0.2, 0.25) is 15.9 Å². The Morgan fingerprint density at radius 3 is 2.75 bits per heavy atom. The summed E-state index contributed by atoms with van der Waals surface area (Å²) in [6.07, 6.45) is 0. The highest BCUT2D eigenvalue weighted by atomic mass is 79.9. The molecule has 1 saturated heterocycles. The van der Waals surface area contributed by atoms with Crippen molar-refractivity contribution in [2.75, 3.05) is 25.5 Å². The Kier molecular flexibility index (Phi) is 4.33. The first-order chi connectivity index (χ1) is 9.34. The predicted octanol–water partition coefficient (Wildman–Crippen LogP) is -0.0939. The van der Waals surface area contributed by atoms with Gasteiger partial charge in [-0.1, -0.05) is 15.9 Å². The number of amides is 1. The molecule has 1 atom stereocenters. The summed E-state index contributed by atoms with van der Waals surface area (Å²) in [5, 5.41) is 0. The van der Waals surface area contributed by atoms with Crippen LogP contribution < -0.4 is 11.5 Å². The molecule has 4 N–H and O–H groups in total. The quantitative estimate of drug-likeness (QED) is 0.727. The van der Waals surface area contributed by atoms with Crippen LogP contribution in [0.3, 0.4) is 0 Å². The zero-order valence-corrected chi connectivity index (χ0v) is 12.9. The van der Waals surface area contributed by atoms with Gasteiger partial charge < -0.3 is 16.2 Å². The van der Waals surface area contributed by atoms with E-state index in [-0.39, 0.29) is 30.3 Å². The van der Waals surface area contributed by atoms with Gasteiger partial charge in [0.25, 0.3) is 0 Å². The summed E-state index contributed by atoms with van der Waals surface area (Å²) >= 11 is 3.21. The Morgan fingerprint density at radius 1 is 1.45 bits per heavy atom. The number of nitrogen functional groups attached to an aromatic ring is 1. The highest BCUT2D eigenvalue weighted by Crippen LogP contribution is 2.27. The second kappa shape index (κ2) is 5.68. The van der Waals surface area contributed by atoms with Crippen molar-refractivity contribution < 1.29 is 17.9 Å². The van der Waals surface area contributed by atoms with Gasteiger partial charge in [0, 0.05) is 11.0 Å². The van der Waals surface area contributed by atoms with E-state index in [1.54, 1.807) is 6.07 Å². The summed E-state index contributed by atoms with van der Waals surface area (Å²) in [7, 11) is -3.90. The Hall–Kier alpha value is -1.16. The number of hydrogen-bond acceptors (Lipinski definition) is 5. The molecular weight excluding hydrogens is 350 g/mol. The molecule has 1 fully saturated rings. The van der Waals surface area contributed by atoms with E-state index in [0.29, 0.717) is 4.47 Å². The van der Waals surface area contributed by atoms with Gasteiger partial charge in [-0.05, 0) is 18.2 Å². The number of morpholine rings is 1. The SMILES string of the molecule is NC(=O)C1COCCN1S(=O)(=O)c1ccc(Br)cc1N. The molecule has 1 aliphatic heterocycles. The van der Waals surface area contributed by atoms with Crippen molar-refractivity contribution in [1.82, 2.24) is 4.31 Å². The summed E-state index contributed by atoms with van der Waals surface area (Å²) in [5.74, 6) is -0.746. The average Bonchev–Trinajstić information content (AvgIpc) is 2.38. The number of benzene rings is 1. The fraction of sp³-hybridized carbons (Fsp3) is 0.364. The summed E-state index contributed by atoms with van der Waals surface area (Å²) in [4.78, 5) is 11.3. The Labute approximate surface area is 125 Å². The number of primary amides is 1. The zero-order valence-electron chi connectivity index (χ0n) is 10.5. The van der Waals surface area contributed by atoms with E-state index in [0.717, 1.165) is 4.31 Å². The summed E-state index contributed by atoms with van der Waals surface area (Å²) < 4.78 is 32.0. The van der Waals surface area contributed by atoms with Crippen LogP contribution in [-0.2, 0) is 19.6 Å². The molecule has 0 aliphatic carbocycles. The van der Waals surface area contributed by atoms with Crippen molar-refractivity contribution in [1.29, 1.82) is 0 Å². The molecular formula is C11H14BrN3O4S. The van der Waals surface area contributed by atoms with Crippen LogP contribution in [-0.4, -0.2) is 44.4 Å². The lowest BCUT2D eigenvalue weighted by atomic mass is 10.3. The number of nitrogens with two attached hydrogens (primary N) is 2. The molecule has 20 heavy (non-hydrogen) atoms. The van der Waals surface area contributed by atoms with Crippen LogP contribution in [0.15, 0.2) is 27.6 Å². The molecule has 1 aromatic rings. The van der Waals surface area contributed by atoms with Gasteiger partial charge >= 0.3 is 0 Å². The second-order valence-electron chi connectivity index (χ2n) is 4.29. The first-order valence-electron chi connectivity index (χ1n) is 5.78.